The number of hydrogen-bond acceptors (Lipinski definition) is 3. The van der Waals surface area contributed by atoms with Crippen LogP contribution in [0.4, 0.5) is 23.7 Å². The summed E-state index contributed by atoms with van der Waals surface area (Å²) in [6, 6.07) is 5.28. The maximum atomic E-state index is 12.5. The maximum absolute atomic E-state index is 12.5. The van der Waals surface area contributed by atoms with Crippen LogP contribution in [0.2, 0.25) is 0 Å². The second-order valence-electron chi connectivity index (χ2n) is 5.57. The summed E-state index contributed by atoms with van der Waals surface area (Å²) >= 11 is 0. The minimum absolute atomic E-state index is 0.224. The summed E-state index contributed by atoms with van der Waals surface area (Å²) in [6.45, 7) is 0.336. The van der Waals surface area contributed by atoms with Gasteiger partial charge >= 0.3 is 12.3 Å². The molecule has 1 aromatic carbocycles. The van der Waals surface area contributed by atoms with Gasteiger partial charge in [0.15, 0.2) is 0 Å². The van der Waals surface area contributed by atoms with Crippen LogP contribution < -0.4 is 11.1 Å². The topological polar surface area (TPSA) is 64.4 Å². The molecule has 0 saturated heterocycles. The Morgan fingerprint density at radius 2 is 1.77 bits per heavy atom. The predicted octanol–water partition coefficient (Wildman–Crippen LogP) is 3.77. The first kappa shape index (κ1) is 16.5. The van der Waals surface area contributed by atoms with Crippen molar-refractivity contribution in [3.63, 3.8) is 0 Å². The molecule has 22 heavy (non-hydrogen) atoms. The van der Waals surface area contributed by atoms with Crippen LogP contribution in [-0.2, 0) is 10.9 Å². The summed E-state index contributed by atoms with van der Waals surface area (Å²) in [7, 11) is 0. The first-order valence-corrected chi connectivity index (χ1v) is 7.20. The second-order valence-corrected chi connectivity index (χ2v) is 5.57. The van der Waals surface area contributed by atoms with Crippen LogP contribution in [0, 0.1) is 5.92 Å². The van der Waals surface area contributed by atoms with Gasteiger partial charge < -0.3 is 15.8 Å². The van der Waals surface area contributed by atoms with Crippen LogP contribution in [0.1, 0.15) is 31.2 Å². The van der Waals surface area contributed by atoms with Crippen molar-refractivity contribution in [2.45, 2.75) is 37.9 Å². The Kier molecular flexibility index (Phi) is 5.15. The number of anilines is 1. The number of alkyl halides is 3. The van der Waals surface area contributed by atoms with Gasteiger partial charge in [0.05, 0.1) is 12.2 Å². The quantitative estimate of drug-likeness (QED) is 0.888. The van der Waals surface area contributed by atoms with Crippen LogP contribution in [0.5, 0.6) is 0 Å². The molecule has 0 heterocycles. The lowest BCUT2D eigenvalue weighted by Crippen LogP contribution is -2.29. The molecule has 0 atom stereocenters. The molecule has 1 amide bonds. The van der Waals surface area contributed by atoms with Crippen LogP contribution in [0.15, 0.2) is 24.3 Å². The molecule has 3 N–H and O–H groups in total. The highest BCUT2D eigenvalue weighted by atomic mass is 19.4. The van der Waals surface area contributed by atoms with Crippen molar-refractivity contribution in [1.29, 1.82) is 0 Å². The molecule has 2 rings (SSSR count). The van der Waals surface area contributed by atoms with Crippen LogP contribution in [0.3, 0.4) is 0 Å². The van der Waals surface area contributed by atoms with Gasteiger partial charge in [-0.2, -0.15) is 13.2 Å². The molecule has 0 spiro atoms. The van der Waals surface area contributed by atoms with Crippen molar-refractivity contribution in [2.24, 2.45) is 11.7 Å². The van der Waals surface area contributed by atoms with Crippen LogP contribution >= 0.6 is 0 Å². The first-order valence-electron chi connectivity index (χ1n) is 7.20. The zero-order chi connectivity index (χ0) is 16.2. The number of amides is 1. The number of carbonyl (C=O) groups excluding carboxylic acids is 1. The molecule has 7 heteroatoms. The number of ether oxygens (including phenoxy) is 1. The van der Waals surface area contributed by atoms with Crippen LogP contribution in [-0.4, -0.2) is 18.7 Å². The minimum atomic E-state index is -4.31. The Balaban J connectivity index is 1.80. The van der Waals surface area contributed by atoms with Gasteiger partial charge in [-0.3, -0.25) is 0 Å². The minimum Gasteiger partial charge on any atom is -0.449 e. The average Bonchev–Trinajstić information content (AvgIpc) is 2.46. The van der Waals surface area contributed by atoms with E-state index in [2.05, 4.69) is 5.32 Å². The Bertz CT molecular complexity index is 495. The molecule has 4 nitrogen and oxygen atoms in total. The number of carbonyl (C=O) groups is 1. The van der Waals surface area contributed by atoms with Crippen molar-refractivity contribution >= 4 is 11.8 Å². The van der Waals surface area contributed by atoms with E-state index in [1.165, 1.54) is 12.1 Å². The third-order valence-electron chi connectivity index (χ3n) is 3.89. The monoisotopic (exact) mass is 316 g/mol. The van der Waals surface area contributed by atoms with E-state index in [0.29, 0.717) is 18.2 Å². The molecule has 1 aliphatic carbocycles. The standard InChI is InChI=1S/C15H19F3N2O2/c16-15(17,18)11-3-7-13(8-4-11)20-12-5-1-10(2-6-12)9-22-14(19)21/h3-4,7-8,10,12,20H,1-2,5-6,9H2,(H2,19,21). The van der Waals surface area contributed by atoms with Gasteiger partial charge in [0.2, 0.25) is 0 Å². The number of halogens is 3. The van der Waals surface area contributed by atoms with Gasteiger partial charge in [0.1, 0.15) is 0 Å². The van der Waals surface area contributed by atoms with Gasteiger partial charge in [0.25, 0.3) is 0 Å². The van der Waals surface area contributed by atoms with Gasteiger partial charge in [-0.15, -0.1) is 0 Å². The molecule has 0 aliphatic heterocycles. The van der Waals surface area contributed by atoms with Crippen molar-refractivity contribution in [1.82, 2.24) is 0 Å². The largest absolute Gasteiger partial charge is 0.449 e. The average molecular weight is 316 g/mol. The molecule has 1 aromatic rings. The highest BCUT2D eigenvalue weighted by Crippen LogP contribution is 2.31. The number of nitrogens with two attached hydrogens (primary N) is 1. The lowest BCUT2D eigenvalue weighted by molar-refractivity contribution is -0.137. The number of hydrogen-bond donors (Lipinski definition) is 2. The number of benzene rings is 1. The Hall–Kier alpha value is -1.92. The molecular formula is C15H19F3N2O2. The normalized spacial score (nSPS) is 22.1. The van der Waals surface area contributed by atoms with E-state index in [4.69, 9.17) is 10.5 Å². The van der Waals surface area contributed by atoms with Gasteiger partial charge in [-0.25, -0.2) is 4.79 Å². The second kappa shape index (κ2) is 6.89. The van der Waals surface area contributed by atoms with E-state index in [9.17, 15) is 18.0 Å². The van der Waals surface area contributed by atoms with Crippen LogP contribution in [0.25, 0.3) is 0 Å². The highest BCUT2D eigenvalue weighted by Gasteiger charge is 2.30. The molecule has 1 fully saturated rings. The lowest BCUT2D eigenvalue weighted by atomic mass is 9.86. The van der Waals surface area contributed by atoms with Gasteiger partial charge in [-0.1, -0.05) is 0 Å². The summed E-state index contributed by atoms with van der Waals surface area (Å²) in [5, 5.41) is 3.25. The van der Waals surface area contributed by atoms with E-state index in [-0.39, 0.29) is 6.04 Å². The number of nitrogens with one attached hydrogen (secondary N) is 1. The van der Waals surface area contributed by atoms with Gasteiger partial charge in [0, 0.05) is 11.7 Å². The third-order valence-corrected chi connectivity index (χ3v) is 3.89. The fourth-order valence-corrected chi connectivity index (χ4v) is 2.66. The summed E-state index contributed by atoms with van der Waals surface area (Å²) < 4.78 is 42.2. The Morgan fingerprint density at radius 1 is 1.18 bits per heavy atom. The Labute approximate surface area is 126 Å². The summed E-state index contributed by atoms with van der Waals surface area (Å²) in [5.74, 6) is 0.304. The van der Waals surface area contributed by atoms with E-state index in [0.717, 1.165) is 37.8 Å². The van der Waals surface area contributed by atoms with Gasteiger partial charge in [-0.05, 0) is 55.9 Å². The third kappa shape index (κ3) is 4.82. The van der Waals surface area contributed by atoms with Crippen molar-refractivity contribution in [3.05, 3.63) is 29.8 Å². The lowest BCUT2D eigenvalue weighted by Gasteiger charge is -2.29. The molecule has 122 valence electrons. The fourth-order valence-electron chi connectivity index (χ4n) is 2.66. The summed E-state index contributed by atoms with van der Waals surface area (Å²) in [6.07, 6.45) is -1.51. The fraction of sp³-hybridized carbons (Fsp3) is 0.533. The van der Waals surface area contributed by atoms with E-state index < -0.39 is 17.8 Å². The summed E-state index contributed by atoms with van der Waals surface area (Å²) in [5.41, 5.74) is 4.97. The Morgan fingerprint density at radius 3 is 2.27 bits per heavy atom. The van der Waals surface area contributed by atoms with E-state index in [1.54, 1.807) is 0 Å². The molecule has 1 saturated carbocycles. The molecule has 1 aliphatic rings. The first-order chi connectivity index (χ1) is 10.3. The molecule has 0 radical (unpaired) electrons. The SMILES string of the molecule is NC(=O)OCC1CCC(Nc2ccc(C(F)(F)F)cc2)CC1. The predicted molar refractivity (Wildman–Crippen MR) is 76.3 cm³/mol. The summed E-state index contributed by atoms with van der Waals surface area (Å²) in [4.78, 5) is 10.6. The molecule has 0 unspecified atom stereocenters. The van der Waals surface area contributed by atoms with Crippen molar-refractivity contribution < 1.29 is 22.7 Å². The highest BCUT2D eigenvalue weighted by molar-refractivity contribution is 5.64. The number of rotatable bonds is 4. The zero-order valence-electron chi connectivity index (χ0n) is 12.0. The van der Waals surface area contributed by atoms with Crippen molar-refractivity contribution in [3.8, 4) is 0 Å². The molecule has 0 aromatic heterocycles. The molecule has 0 bridgehead atoms. The smallest absolute Gasteiger partial charge is 0.416 e. The zero-order valence-corrected chi connectivity index (χ0v) is 12.0. The van der Waals surface area contributed by atoms with E-state index >= 15 is 0 Å². The van der Waals surface area contributed by atoms with E-state index in [1.807, 2.05) is 0 Å². The molecular weight excluding hydrogens is 297 g/mol. The van der Waals surface area contributed by atoms with Crippen molar-refractivity contribution in [2.75, 3.05) is 11.9 Å². The number of primary amides is 1. The maximum Gasteiger partial charge on any atom is 0.416 e.